The fraction of sp³-hybridized carbons (Fsp3) is 0.182. The lowest BCUT2D eigenvalue weighted by atomic mass is 10.1. The van der Waals surface area contributed by atoms with Crippen molar-refractivity contribution in [1.82, 2.24) is 0 Å². The van der Waals surface area contributed by atoms with Gasteiger partial charge in [0, 0.05) is 11.4 Å². The largest absolute Gasteiger partial charge is 0.410 e. The second kappa shape index (κ2) is 5.45. The van der Waals surface area contributed by atoms with Gasteiger partial charge in [-0.15, -0.1) is 11.6 Å². The van der Waals surface area contributed by atoms with E-state index in [0.29, 0.717) is 11.6 Å². The van der Waals surface area contributed by atoms with Crippen LogP contribution in [0.1, 0.15) is 12.5 Å². The van der Waals surface area contributed by atoms with Gasteiger partial charge in [-0.25, -0.2) is 0 Å². The molecule has 0 heterocycles. The van der Waals surface area contributed by atoms with Crippen LogP contribution in [0, 0.1) is 0 Å². The maximum Gasteiger partial charge on any atom is 0.109 e. The Labute approximate surface area is 88.5 Å². The van der Waals surface area contributed by atoms with Crippen LogP contribution in [0.3, 0.4) is 0 Å². The molecule has 0 aromatic heterocycles. The van der Waals surface area contributed by atoms with E-state index in [1.807, 2.05) is 37.3 Å². The van der Waals surface area contributed by atoms with Crippen LogP contribution in [0.25, 0.3) is 0 Å². The molecule has 2 nitrogen and oxygen atoms in total. The fourth-order valence-corrected chi connectivity index (χ4v) is 1.13. The number of benzene rings is 1. The second-order valence-electron chi connectivity index (χ2n) is 2.98. The van der Waals surface area contributed by atoms with Gasteiger partial charge in [-0.2, -0.15) is 0 Å². The molecule has 1 aromatic carbocycles. The summed E-state index contributed by atoms with van der Waals surface area (Å²) >= 11 is 5.64. The molecule has 0 bridgehead atoms. The van der Waals surface area contributed by atoms with E-state index in [0.717, 1.165) is 11.1 Å². The number of oxime groups is 1. The monoisotopic (exact) mass is 209 g/mol. The zero-order valence-electron chi connectivity index (χ0n) is 7.94. The first-order valence-corrected chi connectivity index (χ1v) is 4.82. The first-order chi connectivity index (χ1) is 6.77. The van der Waals surface area contributed by atoms with Crippen molar-refractivity contribution in [3.05, 3.63) is 47.5 Å². The number of rotatable bonds is 3. The van der Waals surface area contributed by atoms with Gasteiger partial charge in [0.05, 0.1) is 0 Å². The molecule has 0 saturated carbocycles. The molecule has 0 fully saturated rings. The maximum atomic E-state index is 8.82. The molecule has 0 spiro atoms. The molecular formula is C11H12ClNO. The van der Waals surface area contributed by atoms with Crippen LogP contribution in [0.2, 0.25) is 0 Å². The predicted octanol–water partition coefficient (Wildman–Crippen LogP) is 3.05. The smallest absolute Gasteiger partial charge is 0.109 e. The van der Waals surface area contributed by atoms with Gasteiger partial charge >= 0.3 is 0 Å². The average molecular weight is 210 g/mol. The highest BCUT2D eigenvalue weighted by molar-refractivity contribution is 6.20. The Balaban J connectivity index is 2.96. The molecule has 0 aliphatic carbocycles. The van der Waals surface area contributed by atoms with Gasteiger partial charge in [-0.1, -0.05) is 41.1 Å². The molecule has 0 radical (unpaired) electrons. The van der Waals surface area contributed by atoms with E-state index in [4.69, 9.17) is 16.8 Å². The van der Waals surface area contributed by atoms with E-state index < -0.39 is 0 Å². The summed E-state index contributed by atoms with van der Waals surface area (Å²) in [7, 11) is 0. The summed E-state index contributed by atoms with van der Waals surface area (Å²) in [6, 6.07) is 9.46. The van der Waals surface area contributed by atoms with Crippen molar-refractivity contribution in [2.24, 2.45) is 5.16 Å². The molecule has 0 atom stereocenters. The van der Waals surface area contributed by atoms with E-state index in [9.17, 15) is 0 Å². The molecule has 1 N–H and O–H groups in total. The van der Waals surface area contributed by atoms with Crippen LogP contribution in [0.4, 0.5) is 0 Å². The molecule has 0 saturated heterocycles. The zero-order chi connectivity index (χ0) is 10.4. The lowest BCUT2D eigenvalue weighted by molar-refractivity contribution is 0.320. The van der Waals surface area contributed by atoms with Crippen molar-refractivity contribution in [2.45, 2.75) is 6.92 Å². The molecule has 74 valence electrons. The molecule has 0 aliphatic rings. The lowest BCUT2D eigenvalue weighted by Gasteiger charge is -1.99. The van der Waals surface area contributed by atoms with Gasteiger partial charge in [0.2, 0.25) is 0 Å². The number of nitrogens with zero attached hydrogens (tertiary/aromatic N) is 1. The summed E-state index contributed by atoms with van der Waals surface area (Å²) in [5.74, 6) is 0.436. The normalized spacial score (nSPS) is 13.0. The van der Waals surface area contributed by atoms with Gasteiger partial charge < -0.3 is 5.21 Å². The standard InChI is InChI=1S/C11H12ClNO/c1-9(8-12)7-11(13-14)10-5-3-2-4-6-10/h2-7,14H,8H2,1H3/b9-7+,13-11+. The van der Waals surface area contributed by atoms with Gasteiger partial charge in [0.1, 0.15) is 5.71 Å². The molecule has 1 rings (SSSR count). The Kier molecular flexibility index (Phi) is 4.20. The third-order valence-corrected chi connectivity index (χ3v) is 2.19. The molecule has 14 heavy (non-hydrogen) atoms. The third kappa shape index (κ3) is 2.89. The minimum Gasteiger partial charge on any atom is -0.410 e. The van der Waals surface area contributed by atoms with E-state index in [-0.39, 0.29) is 0 Å². The SMILES string of the molecule is C/C(=C\C(=N/O)c1ccccc1)CCl. The molecule has 3 heteroatoms. The Bertz CT molecular complexity index is 344. The van der Waals surface area contributed by atoms with Crippen LogP contribution >= 0.6 is 11.6 Å². The van der Waals surface area contributed by atoms with Gasteiger partial charge in [-0.05, 0) is 13.0 Å². The molecule has 0 amide bonds. The highest BCUT2D eigenvalue weighted by Crippen LogP contribution is 2.05. The second-order valence-corrected chi connectivity index (χ2v) is 3.24. The number of allylic oxidation sites excluding steroid dienone is 2. The molecule has 0 aliphatic heterocycles. The summed E-state index contributed by atoms with van der Waals surface area (Å²) < 4.78 is 0. The Morgan fingerprint density at radius 2 is 2.07 bits per heavy atom. The Morgan fingerprint density at radius 1 is 1.43 bits per heavy atom. The van der Waals surface area contributed by atoms with Crippen molar-refractivity contribution in [2.75, 3.05) is 5.88 Å². The zero-order valence-corrected chi connectivity index (χ0v) is 8.70. The predicted molar refractivity (Wildman–Crippen MR) is 59.2 cm³/mol. The number of alkyl halides is 1. The Hall–Kier alpha value is -1.28. The van der Waals surface area contributed by atoms with Crippen LogP contribution in [0.15, 0.2) is 47.1 Å². The van der Waals surface area contributed by atoms with E-state index in [2.05, 4.69) is 5.16 Å². The van der Waals surface area contributed by atoms with Crippen LogP contribution in [-0.2, 0) is 0 Å². The number of hydrogen-bond donors (Lipinski definition) is 1. The topological polar surface area (TPSA) is 32.6 Å². The fourth-order valence-electron chi connectivity index (χ4n) is 1.05. The summed E-state index contributed by atoms with van der Waals surface area (Å²) in [5.41, 5.74) is 2.37. The summed E-state index contributed by atoms with van der Waals surface area (Å²) in [6.07, 6.45) is 1.77. The first kappa shape index (κ1) is 10.8. The highest BCUT2D eigenvalue weighted by atomic mass is 35.5. The summed E-state index contributed by atoms with van der Waals surface area (Å²) in [4.78, 5) is 0. The molecular weight excluding hydrogens is 198 g/mol. The van der Waals surface area contributed by atoms with Crippen molar-refractivity contribution < 1.29 is 5.21 Å². The van der Waals surface area contributed by atoms with E-state index in [1.165, 1.54) is 0 Å². The van der Waals surface area contributed by atoms with Crippen LogP contribution in [0.5, 0.6) is 0 Å². The highest BCUT2D eigenvalue weighted by Gasteiger charge is 1.99. The van der Waals surface area contributed by atoms with Crippen LogP contribution < -0.4 is 0 Å². The van der Waals surface area contributed by atoms with E-state index in [1.54, 1.807) is 6.08 Å². The van der Waals surface area contributed by atoms with Gasteiger partial charge in [0.25, 0.3) is 0 Å². The molecule has 1 aromatic rings. The summed E-state index contributed by atoms with van der Waals surface area (Å²) in [6.45, 7) is 1.89. The average Bonchev–Trinajstić information content (AvgIpc) is 2.26. The number of hydrogen-bond acceptors (Lipinski definition) is 2. The summed E-state index contributed by atoms with van der Waals surface area (Å²) in [5, 5.41) is 12.1. The lowest BCUT2D eigenvalue weighted by Crippen LogP contribution is -1.98. The van der Waals surface area contributed by atoms with Crippen molar-refractivity contribution in [1.29, 1.82) is 0 Å². The van der Waals surface area contributed by atoms with E-state index >= 15 is 0 Å². The van der Waals surface area contributed by atoms with Crippen molar-refractivity contribution >= 4 is 17.3 Å². The van der Waals surface area contributed by atoms with Crippen molar-refractivity contribution in [3.63, 3.8) is 0 Å². The quantitative estimate of drug-likeness (QED) is 0.353. The maximum absolute atomic E-state index is 8.82. The Morgan fingerprint density at radius 3 is 2.57 bits per heavy atom. The van der Waals surface area contributed by atoms with Crippen LogP contribution in [-0.4, -0.2) is 16.8 Å². The first-order valence-electron chi connectivity index (χ1n) is 4.28. The number of halogens is 1. The minimum atomic E-state index is 0.436. The van der Waals surface area contributed by atoms with Gasteiger partial charge in [-0.3, -0.25) is 0 Å². The third-order valence-electron chi connectivity index (χ3n) is 1.77. The van der Waals surface area contributed by atoms with Crippen molar-refractivity contribution in [3.8, 4) is 0 Å². The minimum absolute atomic E-state index is 0.436. The molecule has 0 unspecified atom stereocenters. The van der Waals surface area contributed by atoms with Gasteiger partial charge in [0.15, 0.2) is 0 Å².